The highest BCUT2D eigenvalue weighted by molar-refractivity contribution is 6.21. The summed E-state index contributed by atoms with van der Waals surface area (Å²) in [5, 5.41) is 2.82. The molecule has 0 saturated heterocycles. The van der Waals surface area contributed by atoms with Crippen LogP contribution >= 0.6 is 0 Å². The van der Waals surface area contributed by atoms with Crippen molar-refractivity contribution in [2.24, 2.45) is 0 Å². The van der Waals surface area contributed by atoms with Crippen molar-refractivity contribution < 1.29 is 14.4 Å². The van der Waals surface area contributed by atoms with Gasteiger partial charge in [-0.1, -0.05) is 18.2 Å². The summed E-state index contributed by atoms with van der Waals surface area (Å²) in [6, 6.07) is 10.6. The van der Waals surface area contributed by atoms with Crippen molar-refractivity contribution in [3.8, 4) is 0 Å². The molecule has 1 aromatic heterocycles. The summed E-state index contributed by atoms with van der Waals surface area (Å²) in [4.78, 5) is 41.5. The first kappa shape index (κ1) is 16.8. The molecular formula is C19H19N3O3. The molecule has 0 radical (unpaired) electrons. The Bertz CT molecular complexity index is 755. The van der Waals surface area contributed by atoms with Crippen LogP contribution in [0.4, 0.5) is 0 Å². The summed E-state index contributed by atoms with van der Waals surface area (Å²) >= 11 is 0. The maximum atomic E-state index is 12.2. The number of carbonyl (C=O) groups excluding carboxylic acids is 3. The fraction of sp³-hybridized carbons (Fsp3) is 0.263. The van der Waals surface area contributed by atoms with Crippen LogP contribution in [0.5, 0.6) is 0 Å². The van der Waals surface area contributed by atoms with Gasteiger partial charge in [-0.05, 0) is 36.6 Å². The minimum Gasteiger partial charge on any atom is -0.356 e. The minimum absolute atomic E-state index is 0.0980. The standard InChI is InChI=1S/C19H19N3O3/c23-17(21-11-4-6-14-5-3-10-20-13-14)9-12-22-18(24)15-7-1-2-8-16(15)19(22)25/h1-3,5,7-8,10,13H,4,6,9,11-12H2,(H,21,23). The number of nitrogens with one attached hydrogen (secondary N) is 1. The lowest BCUT2D eigenvalue weighted by molar-refractivity contribution is -0.121. The van der Waals surface area contributed by atoms with E-state index in [2.05, 4.69) is 10.3 Å². The number of hydrogen-bond donors (Lipinski definition) is 1. The molecule has 6 heteroatoms. The highest BCUT2D eigenvalue weighted by atomic mass is 16.2. The van der Waals surface area contributed by atoms with Gasteiger partial charge in [0.15, 0.2) is 0 Å². The lowest BCUT2D eigenvalue weighted by Crippen LogP contribution is -2.34. The van der Waals surface area contributed by atoms with Gasteiger partial charge in [-0.15, -0.1) is 0 Å². The highest BCUT2D eigenvalue weighted by Crippen LogP contribution is 2.22. The number of aromatic nitrogens is 1. The number of amides is 3. The number of aryl methyl sites for hydroxylation is 1. The van der Waals surface area contributed by atoms with Crippen LogP contribution < -0.4 is 5.32 Å². The molecule has 2 aromatic rings. The number of pyridine rings is 1. The highest BCUT2D eigenvalue weighted by Gasteiger charge is 2.34. The summed E-state index contributed by atoms with van der Waals surface area (Å²) in [7, 11) is 0. The second kappa shape index (κ2) is 7.70. The summed E-state index contributed by atoms with van der Waals surface area (Å²) < 4.78 is 0. The van der Waals surface area contributed by atoms with Gasteiger partial charge >= 0.3 is 0 Å². The zero-order chi connectivity index (χ0) is 17.6. The van der Waals surface area contributed by atoms with Crippen LogP contribution in [0, 0.1) is 0 Å². The Morgan fingerprint density at radius 1 is 1.04 bits per heavy atom. The Kier molecular flexibility index (Phi) is 5.18. The summed E-state index contributed by atoms with van der Waals surface area (Å²) in [6.07, 6.45) is 5.30. The Balaban J connectivity index is 1.41. The SMILES string of the molecule is O=C(CCN1C(=O)c2ccccc2C1=O)NCCCc1cccnc1. The quantitative estimate of drug-likeness (QED) is 0.617. The van der Waals surface area contributed by atoms with E-state index in [9.17, 15) is 14.4 Å². The molecule has 3 amide bonds. The molecule has 0 bridgehead atoms. The maximum absolute atomic E-state index is 12.2. The smallest absolute Gasteiger partial charge is 0.261 e. The second-order valence-corrected chi connectivity index (χ2v) is 5.87. The van der Waals surface area contributed by atoms with E-state index in [1.54, 1.807) is 30.5 Å². The molecule has 128 valence electrons. The lowest BCUT2D eigenvalue weighted by Gasteiger charge is -2.13. The third-order valence-corrected chi connectivity index (χ3v) is 4.13. The Morgan fingerprint density at radius 3 is 2.40 bits per heavy atom. The summed E-state index contributed by atoms with van der Waals surface area (Å²) in [5.41, 5.74) is 1.94. The van der Waals surface area contributed by atoms with Gasteiger partial charge in [-0.25, -0.2) is 0 Å². The predicted octanol–water partition coefficient (Wildman–Crippen LogP) is 1.82. The van der Waals surface area contributed by atoms with Crippen molar-refractivity contribution in [2.45, 2.75) is 19.3 Å². The molecule has 0 aliphatic carbocycles. The maximum Gasteiger partial charge on any atom is 0.261 e. The number of imide groups is 1. The van der Waals surface area contributed by atoms with E-state index >= 15 is 0 Å². The van der Waals surface area contributed by atoms with Gasteiger partial charge in [0.2, 0.25) is 5.91 Å². The van der Waals surface area contributed by atoms with E-state index in [-0.39, 0.29) is 30.7 Å². The third-order valence-electron chi connectivity index (χ3n) is 4.13. The van der Waals surface area contributed by atoms with Crippen molar-refractivity contribution in [1.82, 2.24) is 15.2 Å². The lowest BCUT2D eigenvalue weighted by atomic mass is 10.1. The number of carbonyl (C=O) groups is 3. The van der Waals surface area contributed by atoms with Gasteiger partial charge in [-0.3, -0.25) is 24.3 Å². The zero-order valence-electron chi connectivity index (χ0n) is 13.8. The molecule has 2 heterocycles. The summed E-state index contributed by atoms with van der Waals surface area (Å²) in [6.45, 7) is 0.649. The molecule has 1 aromatic carbocycles. The average Bonchev–Trinajstić information content (AvgIpc) is 2.89. The van der Waals surface area contributed by atoms with Crippen LogP contribution in [-0.4, -0.2) is 40.7 Å². The van der Waals surface area contributed by atoms with Crippen molar-refractivity contribution in [3.05, 3.63) is 65.5 Å². The molecule has 6 nitrogen and oxygen atoms in total. The molecular weight excluding hydrogens is 318 g/mol. The van der Waals surface area contributed by atoms with Crippen molar-refractivity contribution >= 4 is 17.7 Å². The molecule has 0 unspecified atom stereocenters. The number of fused-ring (bicyclic) bond motifs is 1. The van der Waals surface area contributed by atoms with Gasteiger partial charge < -0.3 is 5.32 Å². The average molecular weight is 337 g/mol. The molecule has 1 aliphatic rings. The molecule has 0 fully saturated rings. The van der Waals surface area contributed by atoms with Gasteiger partial charge in [0.25, 0.3) is 11.8 Å². The van der Waals surface area contributed by atoms with E-state index in [0.29, 0.717) is 17.7 Å². The van der Waals surface area contributed by atoms with E-state index in [1.165, 1.54) is 0 Å². The van der Waals surface area contributed by atoms with E-state index < -0.39 is 0 Å². The first-order valence-electron chi connectivity index (χ1n) is 8.27. The fourth-order valence-electron chi connectivity index (χ4n) is 2.81. The molecule has 0 atom stereocenters. The van der Waals surface area contributed by atoms with E-state index in [1.807, 2.05) is 18.3 Å². The van der Waals surface area contributed by atoms with Crippen molar-refractivity contribution in [3.63, 3.8) is 0 Å². The van der Waals surface area contributed by atoms with Crippen molar-refractivity contribution in [1.29, 1.82) is 0 Å². The van der Waals surface area contributed by atoms with Crippen LogP contribution in [-0.2, 0) is 11.2 Å². The molecule has 25 heavy (non-hydrogen) atoms. The number of rotatable bonds is 7. The first-order chi connectivity index (χ1) is 12.2. The molecule has 1 aliphatic heterocycles. The Hall–Kier alpha value is -3.02. The monoisotopic (exact) mass is 337 g/mol. The molecule has 1 N–H and O–H groups in total. The first-order valence-corrected chi connectivity index (χ1v) is 8.27. The minimum atomic E-state index is -0.329. The number of benzene rings is 1. The largest absolute Gasteiger partial charge is 0.356 e. The van der Waals surface area contributed by atoms with E-state index in [4.69, 9.17) is 0 Å². The topological polar surface area (TPSA) is 79.4 Å². The van der Waals surface area contributed by atoms with Gasteiger partial charge in [0.1, 0.15) is 0 Å². The van der Waals surface area contributed by atoms with Crippen LogP contribution in [0.3, 0.4) is 0 Å². The number of hydrogen-bond acceptors (Lipinski definition) is 4. The van der Waals surface area contributed by atoms with Crippen LogP contribution in [0.2, 0.25) is 0 Å². The molecule has 0 saturated carbocycles. The van der Waals surface area contributed by atoms with Crippen LogP contribution in [0.1, 0.15) is 39.1 Å². The van der Waals surface area contributed by atoms with Crippen molar-refractivity contribution in [2.75, 3.05) is 13.1 Å². The van der Waals surface area contributed by atoms with Gasteiger partial charge in [0.05, 0.1) is 11.1 Å². The second-order valence-electron chi connectivity index (χ2n) is 5.87. The van der Waals surface area contributed by atoms with Gasteiger partial charge in [0, 0.05) is 31.9 Å². The Labute approximate surface area is 145 Å². The molecule has 3 rings (SSSR count). The Morgan fingerprint density at radius 2 is 1.76 bits per heavy atom. The van der Waals surface area contributed by atoms with Crippen LogP contribution in [0.25, 0.3) is 0 Å². The van der Waals surface area contributed by atoms with Crippen LogP contribution in [0.15, 0.2) is 48.8 Å². The third kappa shape index (κ3) is 3.91. The molecule has 0 spiro atoms. The normalized spacial score (nSPS) is 13.0. The van der Waals surface area contributed by atoms with E-state index in [0.717, 1.165) is 23.3 Å². The summed E-state index contributed by atoms with van der Waals surface area (Å²) in [5.74, 6) is -0.822. The fourth-order valence-corrected chi connectivity index (χ4v) is 2.81. The van der Waals surface area contributed by atoms with Gasteiger partial charge in [-0.2, -0.15) is 0 Å². The predicted molar refractivity (Wildman–Crippen MR) is 92.0 cm³/mol. The zero-order valence-corrected chi connectivity index (χ0v) is 13.8. The number of nitrogens with zero attached hydrogens (tertiary/aromatic N) is 2.